The molecule has 2 aromatic carbocycles. The third-order valence-electron chi connectivity index (χ3n) is 7.53. The van der Waals surface area contributed by atoms with Crippen molar-refractivity contribution in [3.63, 3.8) is 0 Å². The van der Waals surface area contributed by atoms with Crippen molar-refractivity contribution >= 4 is 17.8 Å². The van der Waals surface area contributed by atoms with Gasteiger partial charge in [-0.05, 0) is 67.6 Å². The van der Waals surface area contributed by atoms with E-state index in [0.717, 1.165) is 38.7 Å². The number of hydrogen-bond acceptors (Lipinski definition) is 7. The van der Waals surface area contributed by atoms with E-state index in [9.17, 15) is 14.4 Å². The second-order valence-electron chi connectivity index (χ2n) is 9.65. The summed E-state index contributed by atoms with van der Waals surface area (Å²) in [7, 11) is 6.09. The summed E-state index contributed by atoms with van der Waals surface area (Å²) in [5.74, 6) is 1.05. The molecule has 4 amide bonds. The lowest BCUT2D eigenvalue weighted by molar-refractivity contribution is -0.159. The molecule has 2 aliphatic heterocycles. The van der Waals surface area contributed by atoms with Crippen LogP contribution in [0.1, 0.15) is 36.6 Å². The van der Waals surface area contributed by atoms with E-state index in [4.69, 9.17) is 14.2 Å². The zero-order chi connectivity index (χ0) is 26.9. The fraction of sp³-hybridized carbons (Fsp3) is 0.464. The lowest BCUT2D eigenvalue weighted by atomic mass is 9.76. The molecule has 0 N–H and O–H groups in total. The number of imide groups is 2. The van der Waals surface area contributed by atoms with Gasteiger partial charge in [-0.2, -0.15) is 0 Å². The van der Waals surface area contributed by atoms with Crippen LogP contribution >= 0.6 is 0 Å². The third kappa shape index (κ3) is 4.64. The first-order valence-electron chi connectivity index (χ1n) is 12.5. The summed E-state index contributed by atoms with van der Waals surface area (Å²) in [6.45, 7) is 5.34. The highest BCUT2D eigenvalue weighted by molar-refractivity contribution is 6.19. The smallest absolute Gasteiger partial charge is 0.332 e. The third-order valence-corrected chi connectivity index (χ3v) is 7.53. The number of methoxy groups -OCH3 is 2. The standard InChI is InChI=1S/C28H35N3O6/c1-7-37-21-10-8-19(9-11-21)16-28(25(32)29(3)27(34)30(4)26(28)33)17-31-13-12-20-14-23(35-5)24(36-6)15-22(20)18(31)2/h8-11,14-15,18H,7,12-13,16-17H2,1-6H3. The van der Waals surface area contributed by atoms with Crippen LogP contribution in [0.4, 0.5) is 4.79 Å². The van der Waals surface area contributed by atoms with Gasteiger partial charge in [0.2, 0.25) is 11.8 Å². The zero-order valence-corrected chi connectivity index (χ0v) is 22.4. The molecule has 0 radical (unpaired) electrons. The molecule has 1 saturated heterocycles. The van der Waals surface area contributed by atoms with Crippen LogP contribution in [-0.4, -0.2) is 80.6 Å². The maximum absolute atomic E-state index is 13.8. The minimum atomic E-state index is -1.45. The predicted octanol–water partition coefficient (Wildman–Crippen LogP) is 3.30. The molecule has 1 fully saturated rings. The summed E-state index contributed by atoms with van der Waals surface area (Å²) in [5.41, 5.74) is 1.58. The largest absolute Gasteiger partial charge is 0.494 e. The van der Waals surface area contributed by atoms with Crippen LogP contribution in [0.3, 0.4) is 0 Å². The van der Waals surface area contributed by atoms with E-state index in [2.05, 4.69) is 11.8 Å². The van der Waals surface area contributed by atoms with E-state index in [1.165, 1.54) is 14.1 Å². The molecule has 2 aromatic rings. The van der Waals surface area contributed by atoms with E-state index in [0.29, 0.717) is 24.7 Å². The Hall–Kier alpha value is -3.59. The highest BCUT2D eigenvalue weighted by Gasteiger charge is 2.56. The maximum Gasteiger partial charge on any atom is 0.332 e. The lowest BCUT2D eigenvalue weighted by Crippen LogP contribution is -2.67. The molecule has 9 nitrogen and oxygen atoms in total. The van der Waals surface area contributed by atoms with Crippen molar-refractivity contribution in [1.29, 1.82) is 0 Å². The Bertz CT molecular complexity index is 1170. The van der Waals surface area contributed by atoms with Gasteiger partial charge in [-0.15, -0.1) is 0 Å². The first-order chi connectivity index (χ1) is 17.7. The highest BCUT2D eigenvalue weighted by Crippen LogP contribution is 2.41. The molecule has 0 aliphatic carbocycles. The number of carbonyl (C=O) groups is 3. The number of urea groups is 1. The van der Waals surface area contributed by atoms with Gasteiger partial charge in [-0.3, -0.25) is 24.3 Å². The molecule has 198 valence electrons. The molecule has 0 saturated carbocycles. The summed E-state index contributed by atoms with van der Waals surface area (Å²) >= 11 is 0. The van der Waals surface area contributed by atoms with Crippen molar-refractivity contribution in [1.82, 2.24) is 14.7 Å². The van der Waals surface area contributed by atoms with Gasteiger partial charge in [-0.25, -0.2) is 4.79 Å². The van der Waals surface area contributed by atoms with Crippen molar-refractivity contribution in [2.45, 2.75) is 32.7 Å². The van der Waals surface area contributed by atoms with Crippen LogP contribution in [0.15, 0.2) is 36.4 Å². The summed E-state index contributed by atoms with van der Waals surface area (Å²) in [4.78, 5) is 44.4. The van der Waals surface area contributed by atoms with E-state index in [1.54, 1.807) is 14.2 Å². The van der Waals surface area contributed by atoms with Crippen molar-refractivity contribution < 1.29 is 28.6 Å². The Morgan fingerprint density at radius 2 is 1.54 bits per heavy atom. The molecule has 9 heteroatoms. The van der Waals surface area contributed by atoms with Gasteiger partial charge < -0.3 is 14.2 Å². The van der Waals surface area contributed by atoms with Crippen LogP contribution in [0.5, 0.6) is 17.2 Å². The minimum absolute atomic E-state index is 0.0883. The minimum Gasteiger partial charge on any atom is -0.494 e. The number of nitrogens with zero attached hydrogens (tertiary/aromatic N) is 3. The van der Waals surface area contributed by atoms with Crippen molar-refractivity contribution in [3.8, 4) is 17.2 Å². The number of ether oxygens (including phenoxy) is 3. The van der Waals surface area contributed by atoms with Gasteiger partial charge in [0.1, 0.15) is 11.2 Å². The maximum atomic E-state index is 13.8. The molecule has 2 heterocycles. The van der Waals surface area contributed by atoms with E-state index in [1.807, 2.05) is 43.3 Å². The van der Waals surface area contributed by atoms with Gasteiger partial charge in [0.05, 0.1) is 20.8 Å². The average molecular weight is 510 g/mol. The monoisotopic (exact) mass is 509 g/mol. The second kappa shape index (κ2) is 10.4. The topological polar surface area (TPSA) is 88.6 Å². The molecular formula is C28H35N3O6. The van der Waals surface area contributed by atoms with Gasteiger partial charge in [0, 0.05) is 33.2 Å². The van der Waals surface area contributed by atoms with Crippen LogP contribution in [0, 0.1) is 5.41 Å². The van der Waals surface area contributed by atoms with Crippen LogP contribution in [0.2, 0.25) is 0 Å². The van der Waals surface area contributed by atoms with Gasteiger partial charge in [0.25, 0.3) is 0 Å². The summed E-state index contributed by atoms with van der Waals surface area (Å²) in [6, 6.07) is 10.7. The molecule has 2 aliphatic rings. The number of barbiturate groups is 1. The van der Waals surface area contributed by atoms with Crippen molar-refractivity contribution in [2.24, 2.45) is 5.41 Å². The molecule has 37 heavy (non-hydrogen) atoms. The molecule has 1 atom stereocenters. The van der Waals surface area contributed by atoms with E-state index in [-0.39, 0.29) is 19.0 Å². The lowest BCUT2D eigenvalue weighted by Gasteiger charge is -2.46. The van der Waals surface area contributed by atoms with Crippen LogP contribution < -0.4 is 14.2 Å². The van der Waals surface area contributed by atoms with Crippen molar-refractivity contribution in [2.75, 3.05) is 48.0 Å². The fourth-order valence-corrected chi connectivity index (χ4v) is 5.45. The number of amides is 4. The Morgan fingerprint density at radius 3 is 2.11 bits per heavy atom. The van der Waals surface area contributed by atoms with Crippen LogP contribution in [-0.2, 0) is 22.4 Å². The number of carbonyl (C=O) groups excluding carboxylic acids is 3. The molecular weight excluding hydrogens is 474 g/mol. The van der Waals surface area contributed by atoms with Crippen molar-refractivity contribution in [3.05, 3.63) is 53.1 Å². The average Bonchev–Trinajstić information content (AvgIpc) is 2.91. The molecule has 4 rings (SSSR count). The highest BCUT2D eigenvalue weighted by atomic mass is 16.5. The molecule has 1 unspecified atom stereocenters. The fourth-order valence-electron chi connectivity index (χ4n) is 5.45. The van der Waals surface area contributed by atoms with Gasteiger partial charge >= 0.3 is 6.03 Å². The number of benzene rings is 2. The SMILES string of the molecule is CCOc1ccc(CC2(CN3CCc4cc(OC)c(OC)cc4C3C)C(=O)N(C)C(=O)N(C)C2=O)cc1. The van der Waals surface area contributed by atoms with E-state index >= 15 is 0 Å². The Labute approximate surface area is 217 Å². The zero-order valence-electron chi connectivity index (χ0n) is 22.4. The van der Waals surface area contributed by atoms with Gasteiger partial charge in [0.15, 0.2) is 11.5 Å². The Balaban J connectivity index is 1.72. The molecule has 0 bridgehead atoms. The quantitative estimate of drug-likeness (QED) is 0.505. The number of rotatable bonds is 8. The number of hydrogen-bond donors (Lipinski definition) is 0. The predicted molar refractivity (Wildman–Crippen MR) is 138 cm³/mol. The first-order valence-corrected chi connectivity index (χ1v) is 12.5. The normalized spacial score (nSPS) is 19.6. The summed E-state index contributed by atoms with van der Waals surface area (Å²) in [6.07, 6.45) is 0.896. The van der Waals surface area contributed by atoms with Gasteiger partial charge in [-0.1, -0.05) is 12.1 Å². The summed E-state index contributed by atoms with van der Waals surface area (Å²) in [5, 5.41) is 0. The Morgan fingerprint density at radius 1 is 0.946 bits per heavy atom. The second-order valence-corrected chi connectivity index (χ2v) is 9.65. The van der Waals surface area contributed by atoms with E-state index < -0.39 is 23.3 Å². The van der Waals surface area contributed by atoms with Crippen LogP contribution in [0.25, 0.3) is 0 Å². The Kier molecular flexibility index (Phi) is 7.45. The molecule has 0 spiro atoms. The first kappa shape index (κ1) is 26.5. The number of fused-ring (bicyclic) bond motifs is 1. The summed E-state index contributed by atoms with van der Waals surface area (Å²) < 4.78 is 16.5. The molecule has 0 aromatic heterocycles.